The molecule has 15 rings (SSSR count). The Morgan fingerprint density at radius 3 is 0.846 bits per heavy atom. The number of aromatic amines is 2. The fourth-order valence-corrected chi connectivity index (χ4v) is 14.2. The molecule has 0 aliphatic carbocycles. The fraction of sp³-hybridized carbons (Fsp3) is 0.372. The molecule has 7 heterocycles. The van der Waals surface area contributed by atoms with Crippen LogP contribution in [0.4, 0.5) is 0 Å². The number of pyridine rings is 2. The molecule has 0 saturated heterocycles. The number of H-pyrrole nitrogens is 2. The Morgan fingerprint density at radius 2 is 0.510 bits per heavy atom. The molecule has 2 aliphatic rings. The number of nitrogens with zero attached hydrogens (tertiary/aromatic N) is 8. The van der Waals surface area contributed by atoms with Gasteiger partial charge in [-0.15, -0.1) is 0 Å². The summed E-state index contributed by atoms with van der Waals surface area (Å²) in [5.41, 5.74) is 5.19. The molecule has 0 unspecified atom stereocenters. The summed E-state index contributed by atoms with van der Waals surface area (Å²) in [7, 11) is 0. The quantitative estimate of drug-likeness (QED) is 0.0297. The minimum Gasteiger partial charge on any atom is -0.492 e. The second-order valence-corrected chi connectivity index (χ2v) is 27.1. The Kier molecular flexibility index (Phi) is 20.7. The molecule has 18 heteroatoms. The van der Waals surface area contributed by atoms with E-state index >= 15 is 0 Å². The molecule has 0 amide bonds. The van der Waals surface area contributed by atoms with Crippen LogP contribution in [0.1, 0.15) is 158 Å². The number of rotatable bonds is 32. The molecule has 8 aromatic carbocycles. The highest BCUT2D eigenvalue weighted by atomic mass is 16.5. The third kappa shape index (κ3) is 12.8. The van der Waals surface area contributed by atoms with Crippen molar-refractivity contribution in [2.24, 2.45) is 0 Å². The van der Waals surface area contributed by atoms with Crippen LogP contribution in [-0.2, 0) is 0 Å². The van der Waals surface area contributed by atoms with Crippen LogP contribution in [0.2, 0.25) is 0 Å². The van der Waals surface area contributed by atoms with Crippen molar-refractivity contribution in [3.63, 3.8) is 0 Å². The summed E-state index contributed by atoms with van der Waals surface area (Å²) in [6.45, 7) is 20.6. The Bertz CT molecular complexity index is 5580. The second-order valence-electron chi connectivity index (χ2n) is 27.1. The third-order valence-electron chi connectivity index (χ3n) is 19.7. The number of aromatic nitrogens is 10. The molecule has 534 valence electrons. The van der Waals surface area contributed by atoms with Gasteiger partial charge in [-0.05, 0) is 121 Å². The molecule has 0 saturated carbocycles. The number of nitrogens with one attached hydrogen (secondary N) is 2. The van der Waals surface area contributed by atoms with Crippen molar-refractivity contribution in [3.8, 4) is 91.5 Å². The molecule has 0 spiro atoms. The van der Waals surface area contributed by atoms with Gasteiger partial charge in [-0.1, -0.05) is 155 Å². The molecule has 2 aliphatic heterocycles. The summed E-state index contributed by atoms with van der Waals surface area (Å²) >= 11 is 0. The van der Waals surface area contributed by atoms with Crippen molar-refractivity contribution in [2.45, 2.75) is 158 Å². The van der Waals surface area contributed by atoms with Crippen LogP contribution in [-0.4, -0.2) is 103 Å². The number of hydrogen-bond acceptors (Lipinski definition) is 16. The maximum Gasteiger partial charge on any atom is 0.168 e. The minimum atomic E-state index is 0.290. The normalized spacial score (nSPS) is 12.0. The van der Waals surface area contributed by atoms with E-state index in [9.17, 15) is 0 Å². The Morgan fingerprint density at radius 1 is 0.260 bits per heavy atom. The molecule has 8 bridgehead atoms. The zero-order chi connectivity index (χ0) is 71.2. The molecule has 5 aromatic heterocycles. The number of benzene rings is 8. The first-order chi connectivity index (χ1) is 51.3. The molecule has 0 atom stereocenters. The van der Waals surface area contributed by atoms with Crippen LogP contribution >= 0.6 is 0 Å². The van der Waals surface area contributed by atoms with Gasteiger partial charge >= 0.3 is 0 Å². The van der Waals surface area contributed by atoms with Gasteiger partial charge in [-0.25, -0.2) is 29.9 Å². The highest BCUT2D eigenvalue weighted by Gasteiger charge is 2.37. The van der Waals surface area contributed by atoms with Crippen molar-refractivity contribution in [1.82, 2.24) is 49.8 Å². The van der Waals surface area contributed by atoms with Crippen LogP contribution in [0.3, 0.4) is 0 Å². The summed E-state index contributed by atoms with van der Waals surface area (Å²) < 4.78 is 57.9. The van der Waals surface area contributed by atoms with Crippen molar-refractivity contribution in [2.75, 3.05) is 52.9 Å². The van der Waals surface area contributed by atoms with Gasteiger partial charge in [0.15, 0.2) is 34.8 Å². The van der Waals surface area contributed by atoms with Crippen LogP contribution in [0.25, 0.3) is 155 Å². The van der Waals surface area contributed by atoms with Crippen LogP contribution in [0, 0.1) is 0 Å². The Balaban J connectivity index is 1.23. The van der Waals surface area contributed by atoms with Gasteiger partial charge < -0.3 is 47.9 Å². The zero-order valence-electron chi connectivity index (χ0n) is 61.2. The lowest BCUT2D eigenvalue weighted by molar-refractivity contribution is 0.308. The molecule has 2 N–H and O–H groups in total. The molecule has 0 fully saturated rings. The van der Waals surface area contributed by atoms with E-state index in [1.807, 2.05) is 24.3 Å². The van der Waals surface area contributed by atoms with Gasteiger partial charge in [-0.2, -0.15) is 0 Å². The van der Waals surface area contributed by atoms with Crippen LogP contribution in [0.5, 0.6) is 46.0 Å². The lowest BCUT2D eigenvalue weighted by atomic mass is 9.95. The van der Waals surface area contributed by atoms with E-state index in [0.717, 1.165) is 157 Å². The standard InChI is InChI=1S/C86H92N10O8/c1-9-17-39-97-71-55-35-29-37-87-69(55)77(103-45-23-15-7)67-65(71)83-92-81-62-61(73(99-41-19-11-3)57-47-51-31-25-26-32-52(51)48-58(57)74(62)100-42-20-12-4)79(90-81)89-80-63-64(76(102-44-22-14-6)60-50-54-34-28-27-33-53(54)49-59(60)75(63)101-43-21-13-5)82(91-80)93-85-68-66(84(95-85)96-86(67)94-83)72(98-40-18-10-2)56-36-30-38-88-70(56)78(68)104-46-24-16-8/h25-38,47-50H,9-24,39-46H2,1-8H3,(H2,89,90,91,92,93,94,95,96). The fourth-order valence-electron chi connectivity index (χ4n) is 14.2. The van der Waals surface area contributed by atoms with E-state index in [1.54, 1.807) is 12.4 Å². The van der Waals surface area contributed by atoms with E-state index in [0.29, 0.717) is 200 Å². The average Bonchev–Trinajstić information content (AvgIpc) is 1.54. The Hall–Kier alpha value is -10.6. The largest absolute Gasteiger partial charge is 0.492 e. The smallest absolute Gasteiger partial charge is 0.168 e. The van der Waals surface area contributed by atoms with Gasteiger partial charge in [0.2, 0.25) is 0 Å². The van der Waals surface area contributed by atoms with Gasteiger partial charge in [0.25, 0.3) is 0 Å². The maximum absolute atomic E-state index is 7.33. The molecule has 13 aromatic rings. The lowest BCUT2D eigenvalue weighted by Gasteiger charge is -2.19. The number of fused-ring (bicyclic) bond motifs is 26. The first-order valence-electron chi connectivity index (χ1n) is 38.1. The number of ether oxygens (including phenoxy) is 8. The maximum atomic E-state index is 7.33. The predicted octanol–water partition coefficient (Wildman–Crippen LogP) is 22.0. The monoisotopic (exact) mass is 1390 g/mol. The van der Waals surface area contributed by atoms with Crippen LogP contribution < -0.4 is 37.9 Å². The highest BCUT2D eigenvalue weighted by Crippen LogP contribution is 2.57. The van der Waals surface area contributed by atoms with E-state index < -0.39 is 0 Å². The van der Waals surface area contributed by atoms with Gasteiger partial charge in [-0.3, -0.25) is 9.97 Å². The topological polar surface area (TPSA) is 209 Å². The van der Waals surface area contributed by atoms with E-state index in [-0.39, 0.29) is 0 Å². The zero-order valence-corrected chi connectivity index (χ0v) is 61.2. The molecule has 0 radical (unpaired) electrons. The summed E-state index contributed by atoms with van der Waals surface area (Å²) in [5.74, 6) is 5.81. The van der Waals surface area contributed by atoms with Crippen molar-refractivity contribution < 1.29 is 37.9 Å². The van der Waals surface area contributed by atoms with Gasteiger partial charge in [0.05, 0.1) is 96.7 Å². The molecule has 104 heavy (non-hydrogen) atoms. The number of unbranched alkanes of at least 4 members (excludes halogenated alkanes) is 8. The van der Waals surface area contributed by atoms with E-state index in [4.69, 9.17) is 77.8 Å². The van der Waals surface area contributed by atoms with Crippen molar-refractivity contribution in [1.29, 1.82) is 0 Å². The summed E-state index contributed by atoms with van der Waals surface area (Å²) in [6.07, 6.45) is 17.1. The summed E-state index contributed by atoms with van der Waals surface area (Å²) in [6, 6.07) is 33.7. The first-order valence-corrected chi connectivity index (χ1v) is 38.1. The molecular formula is C86H92N10O8. The first kappa shape index (κ1) is 69.1. The van der Waals surface area contributed by atoms with Crippen LogP contribution in [0.15, 0.2) is 109 Å². The molecule has 18 nitrogen and oxygen atoms in total. The van der Waals surface area contributed by atoms with Crippen molar-refractivity contribution >= 4 is 109 Å². The SMILES string of the molecule is CCCCOc1c2c(c(OCCCC)c3cc4ccccc4cc13)-c1nc-2nc2[nH]c(nc3nc(nc4[nH]c(n1)c1c(OCCCC)c5ncccc5c(OCCCC)c41)-c1c-3c(OCCCC)c3cccnc3c1OCCCC)c1c(OCCCC)c3cc4ccccc4cc3c(OCCCC)c21. The van der Waals surface area contributed by atoms with E-state index in [1.165, 1.54) is 0 Å². The average molecular weight is 1390 g/mol. The van der Waals surface area contributed by atoms with Crippen molar-refractivity contribution in [3.05, 3.63) is 109 Å². The number of hydrogen-bond donors (Lipinski definition) is 2. The van der Waals surface area contributed by atoms with Gasteiger partial charge in [0.1, 0.15) is 68.1 Å². The summed E-state index contributed by atoms with van der Waals surface area (Å²) in [4.78, 5) is 53.2. The second kappa shape index (κ2) is 31.1. The highest BCUT2D eigenvalue weighted by molar-refractivity contribution is 6.24. The minimum absolute atomic E-state index is 0.290. The van der Waals surface area contributed by atoms with E-state index in [2.05, 4.69) is 138 Å². The third-order valence-corrected chi connectivity index (χ3v) is 19.7. The molecular weight excluding hydrogens is 1300 g/mol. The predicted molar refractivity (Wildman–Crippen MR) is 420 cm³/mol. The Labute approximate surface area is 605 Å². The lowest BCUT2D eigenvalue weighted by Crippen LogP contribution is -2.04. The summed E-state index contributed by atoms with van der Waals surface area (Å²) in [5, 5.41) is 11.6. The van der Waals surface area contributed by atoms with Gasteiger partial charge in [0, 0.05) is 44.7 Å².